The molecule has 0 saturated carbocycles. The number of aromatic hydroxyl groups is 1. The zero-order chi connectivity index (χ0) is 14.6. The standard InChI is InChI=1S/C12H14N2O5/c1-7(15)14(2)6-11(17)13-8-3-4-10(16)9(5-8)12(18)19/h3-5,16H,6H2,1-2H3,(H,13,17)(H,18,19). The van der Waals surface area contributed by atoms with Crippen molar-refractivity contribution in [3.63, 3.8) is 0 Å². The lowest BCUT2D eigenvalue weighted by atomic mass is 10.2. The van der Waals surface area contributed by atoms with Gasteiger partial charge in [0.05, 0.1) is 6.54 Å². The van der Waals surface area contributed by atoms with Gasteiger partial charge < -0.3 is 20.4 Å². The summed E-state index contributed by atoms with van der Waals surface area (Å²) in [6, 6.07) is 3.69. The second-order valence-corrected chi connectivity index (χ2v) is 3.96. The van der Waals surface area contributed by atoms with Crippen LogP contribution in [0.5, 0.6) is 5.75 Å². The topological polar surface area (TPSA) is 107 Å². The van der Waals surface area contributed by atoms with E-state index in [0.29, 0.717) is 0 Å². The molecule has 7 heteroatoms. The maximum Gasteiger partial charge on any atom is 0.339 e. The van der Waals surface area contributed by atoms with Crippen LogP contribution < -0.4 is 5.32 Å². The summed E-state index contributed by atoms with van der Waals surface area (Å²) in [5, 5.41) is 20.6. The molecule has 0 heterocycles. The lowest BCUT2D eigenvalue weighted by Gasteiger charge is -2.14. The number of nitrogens with zero attached hydrogens (tertiary/aromatic N) is 1. The van der Waals surface area contributed by atoms with E-state index in [0.717, 1.165) is 6.07 Å². The van der Waals surface area contributed by atoms with Gasteiger partial charge in [0.25, 0.3) is 0 Å². The molecule has 1 aromatic rings. The number of amides is 2. The van der Waals surface area contributed by atoms with Crippen LogP contribution in [0.25, 0.3) is 0 Å². The highest BCUT2D eigenvalue weighted by Gasteiger charge is 2.13. The number of nitrogens with one attached hydrogen (secondary N) is 1. The number of hydrogen-bond donors (Lipinski definition) is 3. The lowest BCUT2D eigenvalue weighted by molar-refractivity contribution is -0.131. The van der Waals surface area contributed by atoms with Crippen molar-refractivity contribution in [1.82, 2.24) is 4.90 Å². The molecule has 0 aliphatic carbocycles. The first-order chi connectivity index (χ1) is 8.81. The number of likely N-dealkylation sites (N-methyl/N-ethyl adjacent to an activating group) is 1. The zero-order valence-corrected chi connectivity index (χ0v) is 10.5. The quantitative estimate of drug-likeness (QED) is 0.688. The molecule has 0 atom stereocenters. The number of carbonyl (C=O) groups is 3. The summed E-state index contributed by atoms with van der Waals surface area (Å²) in [6.45, 7) is 1.19. The number of hydrogen-bond acceptors (Lipinski definition) is 4. The summed E-state index contributed by atoms with van der Waals surface area (Å²) < 4.78 is 0. The zero-order valence-electron chi connectivity index (χ0n) is 10.5. The highest BCUT2D eigenvalue weighted by Crippen LogP contribution is 2.21. The minimum atomic E-state index is -1.30. The Kier molecular flexibility index (Phi) is 4.46. The molecule has 0 aliphatic heterocycles. The monoisotopic (exact) mass is 266 g/mol. The highest BCUT2D eigenvalue weighted by molar-refractivity contribution is 5.97. The van der Waals surface area contributed by atoms with Crippen molar-refractivity contribution in [2.24, 2.45) is 0 Å². The van der Waals surface area contributed by atoms with Crippen LogP contribution in [0.1, 0.15) is 17.3 Å². The van der Waals surface area contributed by atoms with E-state index in [4.69, 9.17) is 5.11 Å². The van der Waals surface area contributed by atoms with E-state index in [2.05, 4.69) is 5.32 Å². The van der Waals surface area contributed by atoms with E-state index in [9.17, 15) is 19.5 Å². The fourth-order valence-electron chi connectivity index (χ4n) is 1.31. The van der Waals surface area contributed by atoms with Gasteiger partial charge in [-0.05, 0) is 18.2 Å². The molecule has 0 aromatic heterocycles. The molecule has 0 spiro atoms. The Morgan fingerprint density at radius 3 is 2.47 bits per heavy atom. The van der Waals surface area contributed by atoms with Crippen molar-refractivity contribution in [1.29, 1.82) is 0 Å². The molecule has 3 N–H and O–H groups in total. The van der Waals surface area contributed by atoms with Gasteiger partial charge in [-0.2, -0.15) is 0 Å². The second-order valence-electron chi connectivity index (χ2n) is 3.96. The van der Waals surface area contributed by atoms with Gasteiger partial charge in [0, 0.05) is 19.7 Å². The van der Waals surface area contributed by atoms with E-state index in [-0.39, 0.29) is 29.5 Å². The van der Waals surface area contributed by atoms with E-state index in [1.165, 1.54) is 31.0 Å². The highest BCUT2D eigenvalue weighted by atomic mass is 16.4. The van der Waals surface area contributed by atoms with Gasteiger partial charge in [-0.25, -0.2) is 4.79 Å². The Morgan fingerprint density at radius 2 is 1.95 bits per heavy atom. The average molecular weight is 266 g/mol. The van der Waals surface area contributed by atoms with Crippen molar-refractivity contribution < 1.29 is 24.6 Å². The average Bonchev–Trinajstić information content (AvgIpc) is 2.30. The van der Waals surface area contributed by atoms with Crippen LogP contribution in [0.2, 0.25) is 0 Å². The van der Waals surface area contributed by atoms with Crippen molar-refractivity contribution in [3.8, 4) is 5.75 Å². The Balaban J connectivity index is 2.78. The van der Waals surface area contributed by atoms with E-state index in [1.807, 2.05) is 0 Å². The molecule has 102 valence electrons. The van der Waals surface area contributed by atoms with Crippen molar-refractivity contribution in [2.75, 3.05) is 18.9 Å². The second kappa shape index (κ2) is 5.85. The van der Waals surface area contributed by atoms with Gasteiger partial charge >= 0.3 is 5.97 Å². The summed E-state index contributed by atoms with van der Waals surface area (Å²) in [7, 11) is 1.47. The first-order valence-electron chi connectivity index (χ1n) is 5.39. The first-order valence-corrected chi connectivity index (χ1v) is 5.39. The molecule has 2 amide bonds. The van der Waals surface area contributed by atoms with Gasteiger partial charge in [-0.3, -0.25) is 9.59 Å². The number of anilines is 1. The Hall–Kier alpha value is -2.57. The fraction of sp³-hybridized carbons (Fsp3) is 0.250. The Labute approximate surface area is 109 Å². The molecule has 0 unspecified atom stereocenters. The molecule has 0 aliphatic rings. The van der Waals surface area contributed by atoms with Gasteiger partial charge in [0.1, 0.15) is 11.3 Å². The van der Waals surface area contributed by atoms with Crippen LogP contribution in [0.3, 0.4) is 0 Å². The number of carbonyl (C=O) groups excluding carboxylic acids is 2. The predicted octanol–water partition coefficient (Wildman–Crippen LogP) is 0.507. The summed E-state index contributed by atoms with van der Waals surface area (Å²) >= 11 is 0. The lowest BCUT2D eigenvalue weighted by Crippen LogP contribution is -2.33. The van der Waals surface area contributed by atoms with Gasteiger partial charge in [-0.15, -0.1) is 0 Å². The number of aromatic carboxylic acids is 1. The first kappa shape index (κ1) is 14.5. The van der Waals surface area contributed by atoms with Crippen LogP contribution >= 0.6 is 0 Å². The number of carboxylic acid groups (broad SMARTS) is 1. The number of rotatable bonds is 4. The molecule has 19 heavy (non-hydrogen) atoms. The Bertz CT molecular complexity index is 527. The van der Waals surface area contributed by atoms with Crippen molar-refractivity contribution >= 4 is 23.5 Å². The molecule has 0 fully saturated rings. The molecular weight excluding hydrogens is 252 g/mol. The SMILES string of the molecule is CC(=O)N(C)CC(=O)Nc1ccc(O)c(C(=O)O)c1. The molecule has 1 aromatic carbocycles. The minimum Gasteiger partial charge on any atom is -0.507 e. The van der Waals surface area contributed by atoms with E-state index in [1.54, 1.807) is 0 Å². The molecule has 0 saturated heterocycles. The smallest absolute Gasteiger partial charge is 0.339 e. The van der Waals surface area contributed by atoms with Crippen LogP contribution in [0.15, 0.2) is 18.2 Å². The minimum absolute atomic E-state index is 0.140. The third kappa shape index (κ3) is 3.98. The summed E-state index contributed by atoms with van der Waals surface area (Å²) in [4.78, 5) is 34.6. The molecule has 7 nitrogen and oxygen atoms in total. The number of phenols is 1. The van der Waals surface area contributed by atoms with E-state index < -0.39 is 11.9 Å². The van der Waals surface area contributed by atoms with Crippen LogP contribution in [0, 0.1) is 0 Å². The number of carboxylic acids is 1. The number of benzene rings is 1. The third-order valence-electron chi connectivity index (χ3n) is 2.43. The summed E-state index contributed by atoms with van der Waals surface area (Å²) in [6.07, 6.45) is 0. The van der Waals surface area contributed by atoms with E-state index >= 15 is 0 Å². The van der Waals surface area contributed by atoms with Crippen molar-refractivity contribution in [2.45, 2.75) is 6.92 Å². The molecular formula is C12H14N2O5. The van der Waals surface area contributed by atoms with Crippen molar-refractivity contribution in [3.05, 3.63) is 23.8 Å². The largest absolute Gasteiger partial charge is 0.507 e. The van der Waals surface area contributed by atoms with Gasteiger partial charge in [0.15, 0.2) is 0 Å². The molecule has 1 rings (SSSR count). The summed E-state index contributed by atoms with van der Waals surface area (Å²) in [5.74, 6) is -2.40. The normalized spacial score (nSPS) is 9.79. The molecule has 0 bridgehead atoms. The fourth-order valence-corrected chi connectivity index (χ4v) is 1.31. The van der Waals surface area contributed by atoms with Gasteiger partial charge in [-0.1, -0.05) is 0 Å². The maximum absolute atomic E-state index is 11.6. The predicted molar refractivity (Wildman–Crippen MR) is 67.0 cm³/mol. The maximum atomic E-state index is 11.6. The van der Waals surface area contributed by atoms with Crippen LogP contribution in [0.4, 0.5) is 5.69 Å². The molecule has 0 radical (unpaired) electrons. The Morgan fingerprint density at radius 1 is 1.32 bits per heavy atom. The summed E-state index contributed by atoms with van der Waals surface area (Å²) in [5.41, 5.74) is -0.0742. The van der Waals surface area contributed by atoms with Gasteiger partial charge in [0.2, 0.25) is 11.8 Å². The van der Waals surface area contributed by atoms with Crippen LogP contribution in [-0.4, -0.2) is 46.5 Å². The third-order valence-corrected chi connectivity index (χ3v) is 2.43. The van der Waals surface area contributed by atoms with Crippen LogP contribution in [-0.2, 0) is 9.59 Å².